The lowest BCUT2D eigenvalue weighted by molar-refractivity contribution is -0.141. The highest BCUT2D eigenvalue weighted by Gasteiger charge is 2.25. The Morgan fingerprint density at radius 1 is 1.38 bits per heavy atom. The van der Waals surface area contributed by atoms with Crippen molar-refractivity contribution in [3.8, 4) is 0 Å². The van der Waals surface area contributed by atoms with Crippen LogP contribution in [0.1, 0.15) is 12.8 Å². The van der Waals surface area contributed by atoms with E-state index in [0.717, 1.165) is 25.1 Å². The lowest BCUT2D eigenvalue weighted by Crippen LogP contribution is -2.38. The summed E-state index contributed by atoms with van der Waals surface area (Å²) in [6, 6.07) is 6.19. The minimum atomic E-state index is -0.744. The van der Waals surface area contributed by atoms with Gasteiger partial charge in [-0.05, 0) is 37.1 Å². The van der Waals surface area contributed by atoms with E-state index in [1.54, 1.807) is 12.1 Å². The third kappa shape index (κ3) is 2.32. The van der Waals surface area contributed by atoms with Crippen LogP contribution in [0.2, 0.25) is 0 Å². The standard InChI is InChI=1S/C12H14FNO2/c13-10-3-5-11(6-4-10)14-7-1-2-9(8-14)12(15)16/h3-6,9H,1-2,7-8H2,(H,15,16). The number of anilines is 1. The van der Waals surface area contributed by atoms with Gasteiger partial charge in [-0.25, -0.2) is 4.39 Å². The molecule has 1 saturated heterocycles. The van der Waals surface area contributed by atoms with Gasteiger partial charge in [-0.15, -0.1) is 0 Å². The van der Waals surface area contributed by atoms with Crippen LogP contribution in [0.15, 0.2) is 24.3 Å². The van der Waals surface area contributed by atoms with Crippen molar-refractivity contribution >= 4 is 11.7 Å². The number of nitrogens with zero attached hydrogens (tertiary/aromatic N) is 1. The van der Waals surface area contributed by atoms with Gasteiger partial charge in [0.1, 0.15) is 5.82 Å². The van der Waals surface area contributed by atoms with Gasteiger partial charge in [0, 0.05) is 18.8 Å². The van der Waals surface area contributed by atoms with Crippen molar-refractivity contribution in [2.24, 2.45) is 5.92 Å². The molecule has 1 heterocycles. The van der Waals surface area contributed by atoms with Crippen LogP contribution in [0.4, 0.5) is 10.1 Å². The van der Waals surface area contributed by atoms with Crippen molar-refractivity contribution in [2.45, 2.75) is 12.8 Å². The highest BCUT2D eigenvalue weighted by Crippen LogP contribution is 2.23. The Labute approximate surface area is 93.5 Å². The highest BCUT2D eigenvalue weighted by molar-refractivity contribution is 5.71. The summed E-state index contributed by atoms with van der Waals surface area (Å²) < 4.78 is 12.7. The van der Waals surface area contributed by atoms with Crippen molar-refractivity contribution in [3.63, 3.8) is 0 Å². The molecule has 0 aliphatic carbocycles. The fourth-order valence-electron chi connectivity index (χ4n) is 2.07. The van der Waals surface area contributed by atoms with Gasteiger partial charge in [0.15, 0.2) is 0 Å². The molecule has 2 rings (SSSR count). The number of piperidine rings is 1. The van der Waals surface area contributed by atoms with Crippen molar-refractivity contribution in [2.75, 3.05) is 18.0 Å². The van der Waals surface area contributed by atoms with Crippen molar-refractivity contribution in [3.05, 3.63) is 30.1 Å². The number of carboxylic acids is 1. The Morgan fingerprint density at radius 2 is 2.06 bits per heavy atom. The van der Waals surface area contributed by atoms with Crippen molar-refractivity contribution in [1.82, 2.24) is 0 Å². The number of carbonyl (C=O) groups is 1. The fourth-order valence-corrected chi connectivity index (χ4v) is 2.07. The number of carboxylic acid groups (broad SMARTS) is 1. The maximum absolute atomic E-state index is 12.7. The number of halogens is 1. The summed E-state index contributed by atoms with van der Waals surface area (Å²) in [5.74, 6) is -1.32. The molecule has 1 fully saturated rings. The first-order chi connectivity index (χ1) is 7.66. The second-order valence-corrected chi connectivity index (χ2v) is 4.10. The van der Waals surface area contributed by atoms with Gasteiger partial charge in [0.2, 0.25) is 0 Å². The van der Waals surface area contributed by atoms with Crippen LogP contribution >= 0.6 is 0 Å². The molecule has 0 bridgehead atoms. The Kier molecular flexibility index (Phi) is 3.08. The van der Waals surface area contributed by atoms with Crippen molar-refractivity contribution in [1.29, 1.82) is 0 Å². The molecule has 4 heteroatoms. The molecule has 0 spiro atoms. The van der Waals surface area contributed by atoms with E-state index in [1.807, 2.05) is 4.90 Å². The molecule has 86 valence electrons. The normalized spacial score (nSPS) is 20.8. The van der Waals surface area contributed by atoms with E-state index in [-0.39, 0.29) is 11.7 Å². The Bertz CT molecular complexity index is 377. The van der Waals surface area contributed by atoms with E-state index in [0.29, 0.717) is 6.54 Å². The molecule has 1 atom stereocenters. The summed E-state index contributed by atoms with van der Waals surface area (Å²) in [5, 5.41) is 8.96. The average Bonchev–Trinajstić information content (AvgIpc) is 2.30. The van der Waals surface area contributed by atoms with Gasteiger partial charge in [-0.3, -0.25) is 4.79 Å². The Morgan fingerprint density at radius 3 is 2.69 bits per heavy atom. The summed E-state index contributed by atoms with van der Waals surface area (Å²) in [5.41, 5.74) is 0.896. The van der Waals surface area contributed by atoms with Gasteiger partial charge < -0.3 is 10.0 Å². The van der Waals surface area contributed by atoms with E-state index in [2.05, 4.69) is 0 Å². The fraction of sp³-hybridized carbons (Fsp3) is 0.417. The molecule has 0 aromatic heterocycles. The second kappa shape index (κ2) is 4.51. The lowest BCUT2D eigenvalue weighted by Gasteiger charge is -2.32. The molecule has 0 saturated carbocycles. The molecule has 0 radical (unpaired) electrons. The Hall–Kier alpha value is -1.58. The number of benzene rings is 1. The number of rotatable bonds is 2. The molecule has 1 N–H and O–H groups in total. The molecular formula is C12H14FNO2. The first-order valence-electron chi connectivity index (χ1n) is 5.40. The van der Waals surface area contributed by atoms with Crippen LogP contribution in [0.25, 0.3) is 0 Å². The largest absolute Gasteiger partial charge is 0.481 e. The topological polar surface area (TPSA) is 40.5 Å². The van der Waals surface area contributed by atoms with Crippen molar-refractivity contribution < 1.29 is 14.3 Å². The van der Waals surface area contributed by atoms with Crippen LogP contribution < -0.4 is 4.90 Å². The Balaban J connectivity index is 2.09. The first kappa shape index (κ1) is 10.9. The van der Waals surface area contributed by atoms with Crippen LogP contribution in [0, 0.1) is 11.7 Å². The molecule has 1 aromatic carbocycles. The van der Waals surface area contributed by atoms with Gasteiger partial charge in [0.05, 0.1) is 5.92 Å². The molecular weight excluding hydrogens is 209 g/mol. The molecule has 1 aliphatic rings. The van der Waals surface area contributed by atoms with E-state index >= 15 is 0 Å². The molecule has 3 nitrogen and oxygen atoms in total. The summed E-state index contributed by atoms with van der Waals surface area (Å²) >= 11 is 0. The zero-order valence-electron chi connectivity index (χ0n) is 8.90. The zero-order chi connectivity index (χ0) is 11.5. The van der Waals surface area contributed by atoms with E-state index in [9.17, 15) is 9.18 Å². The maximum atomic E-state index is 12.7. The summed E-state index contributed by atoms with van der Waals surface area (Å²) in [6.07, 6.45) is 1.60. The molecule has 0 amide bonds. The third-order valence-corrected chi connectivity index (χ3v) is 2.96. The monoisotopic (exact) mass is 223 g/mol. The predicted octanol–water partition coefficient (Wildman–Crippen LogP) is 2.13. The van der Waals surface area contributed by atoms with Crippen LogP contribution in [-0.4, -0.2) is 24.2 Å². The smallest absolute Gasteiger partial charge is 0.308 e. The molecule has 1 aliphatic heterocycles. The van der Waals surface area contributed by atoms with E-state index in [1.165, 1.54) is 12.1 Å². The van der Waals surface area contributed by atoms with Crippen LogP contribution in [-0.2, 0) is 4.79 Å². The molecule has 16 heavy (non-hydrogen) atoms. The van der Waals surface area contributed by atoms with Gasteiger partial charge in [-0.2, -0.15) is 0 Å². The maximum Gasteiger partial charge on any atom is 0.308 e. The minimum absolute atomic E-state index is 0.268. The van der Waals surface area contributed by atoms with Gasteiger partial charge in [-0.1, -0.05) is 0 Å². The highest BCUT2D eigenvalue weighted by atomic mass is 19.1. The van der Waals surface area contributed by atoms with Gasteiger partial charge in [0.25, 0.3) is 0 Å². The summed E-state index contributed by atoms with van der Waals surface area (Å²) in [7, 11) is 0. The van der Waals surface area contributed by atoms with E-state index in [4.69, 9.17) is 5.11 Å². The summed E-state index contributed by atoms with van der Waals surface area (Å²) in [6.45, 7) is 1.36. The lowest BCUT2D eigenvalue weighted by atomic mass is 9.98. The average molecular weight is 223 g/mol. The number of hydrogen-bond acceptors (Lipinski definition) is 2. The second-order valence-electron chi connectivity index (χ2n) is 4.10. The minimum Gasteiger partial charge on any atom is -0.481 e. The SMILES string of the molecule is O=C(O)C1CCCN(c2ccc(F)cc2)C1. The first-order valence-corrected chi connectivity index (χ1v) is 5.40. The molecule has 1 aromatic rings. The third-order valence-electron chi connectivity index (χ3n) is 2.96. The van der Waals surface area contributed by atoms with E-state index < -0.39 is 5.97 Å². The zero-order valence-corrected chi connectivity index (χ0v) is 8.90. The van der Waals surface area contributed by atoms with Crippen LogP contribution in [0.3, 0.4) is 0 Å². The quantitative estimate of drug-likeness (QED) is 0.835. The number of hydrogen-bond donors (Lipinski definition) is 1. The predicted molar refractivity (Wildman–Crippen MR) is 59.0 cm³/mol. The number of aliphatic carboxylic acids is 1. The van der Waals surface area contributed by atoms with Crippen LogP contribution in [0.5, 0.6) is 0 Å². The summed E-state index contributed by atoms with van der Waals surface area (Å²) in [4.78, 5) is 12.9. The molecule has 1 unspecified atom stereocenters. The van der Waals surface area contributed by atoms with Gasteiger partial charge >= 0.3 is 5.97 Å².